The number of amides is 2. The van der Waals surface area contributed by atoms with Crippen LogP contribution in [0.4, 0.5) is 5.00 Å². The molecule has 0 saturated heterocycles. The van der Waals surface area contributed by atoms with Crippen LogP contribution >= 0.6 is 11.3 Å². The first-order chi connectivity index (χ1) is 9.54. The summed E-state index contributed by atoms with van der Waals surface area (Å²) in [5.41, 5.74) is 2.01. The van der Waals surface area contributed by atoms with Crippen LogP contribution in [0.25, 0.3) is 0 Å². The number of nitrogens with one attached hydrogen (secondary N) is 2. The van der Waals surface area contributed by atoms with Crippen molar-refractivity contribution in [2.45, 2.75) is 13.8 Å². The molecule has 2 N–H and O–H groups in total. The Morgan fingerprint density at radius 2 is 1.70 bits per heavy atom. The molecule has 2 aromatic rings. The molecule has 1 heterocycles. The molecule has 0 aliphatic heterocycles. The first-order valence-electron chi connectivity index (χ1n) is 6.23. The number of benzene rings is 1. The number of thiophene rings is 1. The molecule has 0 unspecified atom stereocenters. The van der Waals surface area contributed by atoms with Gasteiger partial charge in [-0.15, -0.1) is 11.3 Å². The lowest BCUT2D eigenvalue weighted by atomic mass is 10.1. The van der Waals surface area contributed by atoms with Crippen molar-refractivity contribution >= 4 is 28.2 Å². The average Bonchev–Trinajstić information content (AvgIpc) is 2.74. The van der Waals surface area contributed by atoms with Crippen molar-refractivity contribution in [3.8, 4) is 0 Å². The van der Waals surface area contributed by atoms with Gasteiger partial charge in [-0.25, -0.2) is 0 Å². The highest BCUT2D eigenvalue weighted by Gasteiger charge is 2.20. The van der Waals surface area contributed by atoms with Crippen LogP contribution in [0.5, 0.6) is 0 Å². The molecule has 0 aliphatic rings. The van der Waals surface area contributed by atoms with E-state index in [-0.39, 0.29) is 11.8 Å². The number of anilines is 1. The van der Waals surface area contributed by atoms with E-state index in [4.69, 9.17) is 0 Å². The Bertz CT molecular complexity index is 647. The molecule has 0 bridgehead atoms. The molecular formula is C15H16N2O2S. The van der Waals surface area contributed by atoms with Crippen molar-refractivity contribution < 1.29 is 9.59 Å². The van der Waals surface area contributed by atoms with Crippen LogP contribution in [-0.4, -0.2) is 18.9 Å². The number of aryl methyl sites for hydroxylation is 1. The van der Waals surface area contributed by atoms with E-state index in [0.717, 1.165) is 10.4 Å². The van der Waals surface area contributed by atoms with Crippen molar-refractivity contribution in [1.29, 1.82) is 0 Å². The number of rotatable bonds is 3. The van der Waals surface area contributed by atoms with E-state index in [2.05, 4.69) is 10.6 Å². The summed E-state index contributed by atoms with van der Waals surface area (Å²) in [5, 5.41) is 6.02. The van der Waals surface area contributed by atoms with Gasteiger partial charge in [0.15, 0.2) is 0 Å². The minimum Gasteiger partial charge on any atom is -0.355 e. The Morgan fingerprint density at radius 1 is 1.05 bits per heavy atom. The van der Waals surface area contributed by atoms with Gasteiger partial charge >= 0.3 is 0 Å². The summed E-state index contributed by atoms with van der Waals surface area (Å²) in [4.78, 5) is 25.1. The summed E-state index contributed by atoms with van der Waals surface area (Å²) >= 11 is 1.41. The van der Waals surface area contributed by atoms with Crippen LogP contribution in [0.2, 0.25) is 0 Å². The van der Waals surface area contributed by atoms with Gasteiger partial charge in [-0.3, -0.25) is 9.59 Å². The first kappa shape index (κ1) is 14.3. The first-order valence-corrected chi connectivity index (χ1v) is 7.04. The van der Waals surface area contributed by atoms with Crippen LogP contribution in [0, 0.1) is 13.8 Å². The minimum absolute atomic E-state index is 0.185. The van der Waals surface area contributed by atoms with E-state index in [0.29, 0.717) is 16.1 Å². The van der Waals surface area contributed by atoms with Gasteiger partial charge in [-0.05, 0) is 31.5 Å². The molecule has 5 heteroatoms. The lowest BCUT2D eigenvalue weighted by Crippen LogP contribution is -2.21. The fourth-order valence-corrected chi connectivity index (χ4v) is 2.93. The fraction of sp³-hybridized carbons (Fsp3) is 0.200. The maximum absolute atomic E-state index is 12.2. The molecule has 104 valence electrons. The second kappa shape index (κ2) is 5.88. The van der Waals surface area contributed by atoms with Crippen molar-refractivity contribution in [2.75, 3.05) is 12.4 Å². The Labute approximate surface area is 121 Å². The molecule has 0 atom stereocenters. The highest BCUT2D eigenvalue weighted by Crippen LogP contribution is 2.32. The normalized spacial score (nSPS) is 10.2. The van der Waals surface area contributed by atoms with E-state index in [1.54, 1.807) is 31.3 Å². The van der Waals surface area contributed by atoms with Crippen molar-refractivity contribution in [3.05, 3.63) is 51.9 Å². The lowest BCUT2D eigenvalue weighted by molar-refractivity contribution is 0.0963. The van der Waals surface area contributed by atoms with Gasteiger partial charge in [0.2, 0.25) is 0 Å². The summed E-state index contributed by atoms with van der Waals surface area (Å²) in [5.74, 6) is -0.396. The number of hydrogen-bond acceptors (Lipinski definition) is 3. The third-order valence-electron chi connectivity index (χ3n) is 3.10. The van der Waals surface area contributed by atoms with E-state index < -0.39 is 0 Å². The Kier molecular flexibility index (Phi) is 4.20. The highest BCUT2D eigenvalue weighted by molar-refractivity contribution is 7.16. The molecule has 2 amide bonds. The number of hydrogen-bond donors (Lipinski definition) is 2. The molecule has 2 rings (SSSR count). The van der Waals surface area contributed by atoms with Crippen LogP contribution in [0.1, 0.15) is 31.2 Å². The SMILES string of the molecule is CNC(=O)c1c(NC(=O)c2ccccc2)sc(C)c1C. The van der Waals surface area contributed by atoms with Crippen molar-refractivity contribution in [2.24, 2.45) is 0 Å². The molecule has 1 aromatic heterocycles. The molecule has 0 radical (unpaired) electrons. The smallest absolute Gasteiger partial charge is 0.256 e. The topological polar surface area (TPSA) is 58.2 Å². The quantitative estimate of drug-likeness (QED) is 0.912. The zero-order chi connectivity index (χ0) is 14.7. The second-order valence-electron chi connectivity index (χ2n) is 4.39. The number of carbonyl (C=O) groups is 2. The summed E-state index contributed by atoms with van der Waals surface area (Å²) in [7, 11) is 1.58. The molecule has 20 heavy (non-hydrogen) atoms. The molecule has 0 spiro atoms. The monoisotopic (exact) mass is 288 g/mol. The largest absolute Gasteiger partial charge is 0.355 e. The van der Waals surface area contributed by atoms with Crippen molar-refractivity contribution in [3.63, 3.8) is 0 Å². The molecule has 0 fully saturated rings. The lowest BCUT2D eigenvalue weighted by Gasteiger charge is -2.06. The fourth-order valence-electron chi connectivity index (χ4n) is 1.88. The predicted molar refractivity (Wildman–Crippen MR) is 81.6 cm³/mol. The van der Waals surface area contributed by atoms with Crippen molar-refractivity contribution in [1.82, 2.24) is 5.32 Å². The summed E-state index contributed by atoms with van der Waals surface area (Å²) in [6.07, 6.45) is 0. The summed E-state index contributed by atoms with van der Waals surface area (Å²) in [6.45, 7) is 3.82. The van der Waals surface area contributed by atoms with Crippen LogP contribution in [-0.2, 0) is 0 Å². The zero-order valence-corrected chi connectivity index (χ0v) is 12.4. The van der Waals surface area contributed by atoms with E-state index in [1.165, 1.54) is 11.3 Å². The average molecular weight is 288 g/mol. The molecule has 4 nitrogen and oxygen atoms in total. The minimum atomic E-state index is -0.211. The third-order valence-corrected chi connectivity index (χ3v) is 4.23. The van der Waals surface area contributed by atoms with Gasteiger partial charge in [-0.2, -0.15) is 0 Å². The van der Waals surface area contributed by atoms with E-state index in [9.17, 15) is 9.59 Å². The Balaban J connectivity index is 2.32. The third kappa shape index (κ3) is 2.72. The van der Waals surface area contributed by atoms with Gasteiger partial charge in [0.05, 0.1) is 5.56 Å². The Hall–Kier alpha value is -2.14. The van der Waals surface area contributed by atoms with Gasteiger partial charge in [0.25, 0.3) is 11.8 Å². The standard InChI is InChI=1S/C15H16N2O2S/c1-9-10(2)20-15(12(9)14(19)16-3)17-13(18)11-7-5-4-6-8-11/h4-8H,1-3H3,(H,16,19)(H,17,18). The zero-order valence-electron chi connectivity index (χ0n) is 11.6. The number of carbonyl (C=O) groups excluding carboxylic acids is 2. The summed E-state index contributed by atoms with van der Waals surface area (Å²) < 4.78 is 0. The molecule has 0 aliphatic carbocycles. The van der Waals surface area contributed by atoms with Gasteiger partial charge in [0.1, 0.15) is 5.00 Å². The molecule has 0 saturated carbocycles. The second-order valence-corrected chi connectivity index (χ2v) is 5.61. The summed E-state index contributed by atoms with van der Waals surface area (Å²) in [6, 6.07) is 8.94. The van der Waals surface area contributed by atoms with Gasteiger partial charge in [-0.1, -0.05) is 18.2 Å². The van der Waals surface area contributed by atoms with E-state index in [1.807, 2.05) is 19.9 Å². The van der Waals surface area contributed by atoms with Gasteiger partial charge < -0.3 is 10.6 Å². The van der Waals surface area contributed by atoms with E-state index >= 15 is 0 Å². The Morgan fingerprint density at radius 3 is 2.30 bits per heavy atom. The molecule has 1 aromatic carbocycles. The highest BCUT2D eigenvalue weighted by atomic mass is 32.1. The predicted octanol–water partition coefficient (Wildman–Crippen LogP) is 2.98. The van der Waals surface area contributed by atoms with Crippen LogP contribution in [0.3, 0.4) is 0 Å². The maximum Gasteiger partial charge on any atom is 0.256 e. The van der Waals surface area contributed by atoms with Crippen LogP contribution in [0.15, 0.2) is 30.3 Å². The molecular weight excluding hydrogens is 272 g/mol. The maximum atomic E-state index is 12.2. The van der Waals surface area contributed by atoms with Crippen LogP contribution < -0.4 is 10.6 Å². The van der Waals surface area contributed by atoms with Gasteiger partial charge in [0, 0.05) is 17.5 Å².